The smallest absolute Gasteiger partial charge is 0.224 e. The molecule has 110 valence electrons. The van der Waals surface area contributed by atoms with E-state index in [0.717, 1.165) is 18.5 Å². The van der Waals surface area contributed by atoms with Crippen LogP contribution >= 0.6 is 11.6 Å². The van der Waals surface area contributed by atoms with Gasteiger partial charge in [0.15, 0.2) is 0 Å². The highest BCUT2D eigenvalue weighted by atomic mass is 35.5. The van der Waals surface area contributed by atoms with Crippen molar-refractivity contribution in [1.82, 2.24) is 0 Å². The highest BCUT2D eigenvalue weighted by molar-refractivity contribution is 6.17. The molecule has 0 atom stereocenters. The van der Waals surface area contributed by atoms with Gasteiger partial charge in [0.05, 0.1) is 0 Å². The van der Waals surface area contributed by atoms with Crippen LogP contribution in [0.4, 0.5) is 5.69 Å². The number of aryl methyl sites for hydroxylation is 1. The molecule has 1 aromatic carbocycles. The van der Waals surface area contributed by atoms with Gasteiger partial charge in [0.1, 0.15) is 0 Å². The van der Waals surface area contributed by atoms with Gasteiger partial charge < -0.3 is 5.32 Å². The molecule has 0 radical (unpaired) electrons. The number of anilines is 1. The molecule has 0 spiro atoms. The first-order valence-corrected chi connectivity index (χ1v) is 8.26. The first-order chi connectivity index (χ1) is 9.78. The minimum absolute atomic E-state index is 0.159. The molecule has 1 aliphatic rings. The number of amides is 1. The molecular formula is C17H24ClNO. The van der Waals surface area contributed by atoms with E-state index < -0.39 is 0 Å². The highest BCUT2D eigenvalue weighted by Gasteiger charge is 2.17. The molecule has 1 aromatic rings. The summed E-state index contributed by atoms with van der Waals surface area (Å²) in [7, 11) is 0. The Labute approximate surface area is 126 Å². The zero-order valence-electron chi connectivity index (χ0n) is 12.0. The van der Waals surface area contributed by atoms with Crippen molar-refractivity contribution in [3.8, 4) is 0 Å². The van der Waals surface area contributed by atoms with Crippen LogP contribution in [0.2, 0.25) is 0 Å². The third-order valence-corrected chi connectivity index (χ3v) is 4.28. The second kappa shape index (κ2) is 8.31. The van der Waals surface area contributed by atoms with E-state index in [4.69, 9.17) is 11.6 Å². The molecule has 20 heavy (non-hydrogen) atoms. The quantitative estimate of drug-likeness (QED) is 0.752. The van der Waals surface area contributed by atoms with Crippen LogP contribution in [0.1, 0.15) is 50.5 Å². The van der Waals surface area contributed by atoms with E-state index in [9.17, 15) is 4.79 Å². The molecule has 0 bridgehead atoms. The van der Waals surface area contributed by atoms with Crippen LogP contribution in [0.15, 0.2) is 24.3 Å². The predicted molar refractivity (Wildman–Crippen MR) is 85.3 cm³/mol. The number of carbonyl (C=O) groups is 1. The molecule has 1 N–H and O–H groups in total. The summed E-state index contributed by atoms with van der Waals surface area (Å²) in [6.07, 6.45) is 8.94. The number of carbonyl (C=O) groups excluding carboxylic acids is 1. The monoisotopic (exact) mass is 293 g/mol. The van der Waals surface area contributed by atoms with E-state index in [1.54, 1.807) is 0 Å². The van der Waals surface area contributed by atoms with Gasteiger partial charge in [-0.05, 0) is 49.3 Å². The molecule has 2 rings (SSSR count). The van der Waals surface area contributed by atoms with Gasteiger partial charge >= 0.3 is 0 Å². The normalized spacial score (nSPS) is 16.1. The predicted octanol–water partition coefficient (Wildman–Crippen LogP) is 4.77. The number of rotatable bonds is 6. The Bertz CT molecular complexity index is 427. The van der Waals surface area contributed by atoms with Gasteiger partial charge in [-0.3, -0.25) is 4.79 Å². The first-order valence-electron chi connectivity index (χ1n) is 7.72. The third kappa shape index (κ3) is 5.16. The second-order valence-electron chi connectivity index (χ2n) is 5.75. The van der Waals surface area contributed by atoms with Crippen molar-refractivity contribution in [1.29, 1.82) is 0 Å². The molecule has 2 nitrogen and oxygen atoms in total. The molecule has 0 heterocycles. The van der Waals surface area contributed by atoms with Crippen molar-refractivity contribution < 1.29 is 4.79 Å². The number of halogens is 1. The minimum atomic E-state index is 0.159. The zero-order valence-corrected chi connectivity index (χ0v) is 12.8. The SMILES string of the molecule is O=C(CC1CCCCC1)Nc1cccc(CCCCl)c1. The third-order valence-electron chi connectivity index (χ3n) is 4.01. The number of alkyl halides is 1. The molecule has 1 fully saturated rings. The van der Waals surface area contributed by atoms with Crippen LogP contribution in [0.3, 0.4) is 0 Å². The van der Waals surface area contributed by atoms with Gasteiger partial charge in [-0.25, -0.2) is 0 Å². The van der Waals surface area contributed by atoms with Crippen LogP contribution < -0.4 is 5.32 Å². The fourth-order valence-corrected chi connectivity index (χ4v) is 3.07. The number of benzene rings is 1. The lowest BCUT2D eigenvalue weighted by molar-refractivity contribution is -0.117. The van der Waals surface area contributed by atoms with E-state index in [1.807, 2.05) is 12.1 Å². The van der Waals surface area contributed by atoms with E-state index in [-0.39, 0.29) is 5.91 Å². The lowest BCUT2D eigenvalue weighted by atomic mass is 9.87. The Morgan fingerprint density at radius 2 is 2.05 bits per heavy atom. The average Bonchev–Trinajstić information content (AvgIpc) is 2.46. The van der Waals surface area contributed by atoms with Gasteiger partial charge in [0, 0.05) is 18.0 Å². The van der Waals surface area contributed by atoms with Crippen LogP contribution in [0.5, 0.6) is 0 Å². The highest BCUT2D eigenvalue weighted by Crippen LogP contribution is 2.26. The molecule has 1 saturated carbocycles. The summed E-state index contributed by atoms with van der Waals surface area (Å²) in [6.45, 7) is 0. The maximum Gasteiger partial charge on any atom is 0.224 e. The molecule has 3 heteroatoms. The number of hydrogen-bond acceptors (Lipinski definition) is 1. The molecule has 1 amide bonds. The molecule has 1 aliphatic carbocycles. The zero-order chi connectivity index (χ0) is 14.2. The largest absolute Gasteiger partial charge is 0.326 e. The van der Waals surface area contributed by atoms with Gasteiger partial charge in [-0.1, -0.05) is 31.4 Å². The fourth-order valence-electron chi connectivity index (χ4n) is 2.94. The molecular weight excluding hydrogens is 270 g/mol. The van der Waals surface area contributed by atoms with E-state index in [1.165, 1.54) is 37.7 Å². The van der Waals surface area contributed by atoms with Crippen molar-refractivity contribution in [2.24, 2.45) is 5.92 Å². The number of hydrogen-bond donors (Lipinski definition) is 1. The summed E-state index contributed by atoms with van der Waals surface area (Å²) in [4.78, 5) is 12.1. The van der Waals surface area contributed by atoms with Crippen molar-refractivity contribution in [3.63, 3.8) is 0 Å². The molecule has 0 aromatic heterocycles. The van der Waals surface area contributed by atoms with Gasteiger partial charge in [0.2, 0.25) is 5.91 Å². The van der Waals surface area contributed by atoms with E-state index in [2.05, 4.69) is 17.4 Å². The molecule has 0 aliphatic heterocycles. The average molecular weight is 294 g/mol. The summed E-state index contributed by atoms with van der Waals surface area (Å²) in [5.41, 5.74) is 2.15. The summed E-state index contributed by atoms with van der Waals surface area (Å²) < 4.78 is 0. The Morgan fingerprint density at radius 1 is 1.25 bits per heavy atom. The Morgan fingerprint density at radius 3 is 2.80 bits per heavy atom. The summed E-state index contributed by atoms with van der Waals surface area (Å²) in [5.74, 6) is 1.42. The lowest BCUT2D eigenvalue weighted by Gasteiger charge is -2.20. The maximum absolute atomic E-state index is 12.1. The summed E-state index contributed by atoms with van der Waals surface area (Å²) in [6, 6.07) is 8.11. The van der Waals surface area contributed by atoms with Crippen molar-refractivity contribution in [3.05, 3.63) is 29.8 Å². The van der Waals surface area contributed by atoms with Crippen molar-refractivity contribution in [2.75, 3.05) is 11.2 Å². The molecule has 0 saturated heterocycles. The maximum atomic E-state index is 12.1. The standard InChI is InChI=1S/C17H24ClNO/c18-11-5-9-14-8-4-10-16(12-14)19-17(20)13-15-6-2-1-3-7-15/h4,8,10,12,15H,1-3,5-7,9,11,13H2,(H,19,20). The Balaban J connectivity index is 1.83. The van der Waals surface area contributed by atoms with E-state index in [0.29, 0.717) is 18.2 Å². The minimum Gasteiger partial charge on any atom is -0.326 e. The molecule has 0 unspecified atom stereocenters. The number of nitrogens with one attached hydrogen (secondary N) is 1. The Kier molecular flexibility index (Phi) is 6.38. The lowest BCUT2D eigenvalue weighted by Crippen LogP contribution is -2.18. The summed E-state index contributed by atoms with van der Waals surface area (Å²) >= 11 is 5.71. The topological polar surface area (TPSA) is 29.1 Å². The van der Waals surface area contributed by atoms with Crippen LogP contribution in [-0.4, -0.2) is 11.8 Å². The van der Waals surface area contributed by atoms with E-state index >= 15 is 0 Å². The van der Waals surface area contributed by atoms with Gasteiger partial charge in [-0.2, -0.15) is 0 Å². The van der Waals surface area contributed by atoms with Gasteiger partial charge in [-0.15, -0.1) is 11.6 Å². The van der Waals surface area contributed by atoms with Crippen LogP contribution in [0.25, 0.3) is 0 Å². The Hall–Kier alpha value is -1.02. The second-order valence-corrected chi connectivity index (χ2v) is 6.13. The van der Waals surface area contributed by atoms with Crippen LogP contribution in [-0.2, 0) is 11.2 Å². The van der Waals surface area contributed by atoms with Crippen molar-refractivity contribution in [2.45, 2.75) is 51.4 Å². The van der Waals surface area contributed by atoms with Crippen molar-refractivity contribution >= 4 is 23.2 Å². The first kappa shape index (κ1) is 15.4. The summed E-state index contributed by atoms with van der Waals surface area (Å²) in [5, 5.41) is 3.03. The van der Waals surface area contributed by atoms with Crippen LogP contribution in [0, 0.1) is 5.92 Å². The fraction of sp³-hybridized carbons (Fsp3) is 0.588. The van der Waals surface area contributed by atoms with Gasteiger partial charge in [0.25, 0.3) is 0 Å².